The summed E-state index contributed by atoms with van der Waals surface area (Å²) in [6, 6.07) is 26.7. The van der Waals surface area contributed by atoms with Crippen LogP contribution in [-0.4, -0.2) is 57.4 Å². The van der Waals surface area contributed by atoms with Gasteiger partial charge in [-0.05, 0) is 29.5 Å². The molecule has 35 heavy (non-hydrogen) atoms. The van der Waals surface area contributed by atoms with Crippen molar-refractivity contribution in [3.8, 4) is 0 Å². The van der Waals surface area contributed by atoms with Crippen LogP contribution in [0.25, 0.3) is 0 Å². The van der Waals surface area contributed by atoms with Crippen molar-refractivity contribution in [2.45, 2.75) is 43.3 Å². The van der Waals surface area contributed by atoms with E-state index in [1.54, 1.807) is 4.90 Å². The summed E-state index contributed by atoms with van der Waals surface area (Å²) in [5, 5.41) is 10.3. The quantitative estimate of drug-likeness (QED) is 0.598. The van der Waals surface area contributed by atoms with Crippen molar-refractivity contribution in [2.75, 3.05) is 6.54 Å². The second-order valence-electron chi connectivity index (χ2n) is 9.29. The van der Waals surface area contributed by atoms with Gasteiger partial charge in [0.2, 0.25) is 11.8 Å². The first-order valence-corrected chi connectivity index (χ1v) is 12.0. The van der Waals surface area contributed by atoms with Crippen LogP contribution in [0.15, 0.2) is 91.0 Å². The van der Waals surface area contributed by atoms with Crippen LogP contribution in [0.3, 0.4) is 0 Å². The van der Waals surface area contributed by atoms with Crippen molar-refractivity contribution in [3.63, 3.8) is 0 Å². The molecule has 0 radical (unpaired) electrons. The number of carbonyl (C=O) groups is 3. The Hall–Kier alpha value is -3.93. The molecule has 6 heteroatoms. The van der Waals surface area contributed by atoms with Crippen LogP contribution in [-0.2, 0) is 20.8 Å². The fraction of sp³-hybridized carbons (Fsp3) is 0.276. The molecule has 3 aromatic carbocycles. The van der Waals surface area contributed by atoms with Crippen molar-refractivity contribution in [1.82, 2.24) is 9.80 Å². The van der Waals surface area contributed by atoms with Crippen LogP contribution >= 0.6 is 0 Å². The molecule has 2 aliphatic rings. The molecule has 0 aliphatic carbocycles. The summed E-state index contributed by atoms with van der Waals surface area (Å²) >= 11 is 0. The predicted octanol–water partition coefficient (Wildman–Crippen LogP) is 3.72. The molecule has 0 aromatic heterocycles. The number of aliphatic carboxylic acids is 1. The molecule has 2 heterocycles. The lowest BCUT2D eigenvalue weighted by Gasteiger charge is -2.46. The predicted molar refractivity (Wildman–Crippen MR) is 132 cm³/mol. The monoisotopic (exact) mass is 468 g/mol. The number of fused-ring (bicyclic) bond motifs is 2. The number of nitrogens with zero attached hydrogens (tertiary/aromatic N) is 2. The van der Waals surface area contributed by atoms with Gasteiger partial charge in [-0.15, -0.1) is 0 Å². The number of carboxylic acids is 1. The third kappa shape index (κ3) is 4.44. The van der Waals surface area contributed by atoms with Crippen molar-refractivity contribution in [3.05, 3.63) is 108 Å². The second kappa shape index (κ2) is 9.74. The van der Waals surface area contributed by atoms with Gasteiger partial charge >= 0.3 is 5.97 Å². The number of amides is 2. The Morgan fingerprint density at radius 2 is 1.34 bits per heavy atom. The van der Waals surface area contributed by atoms with Crippen molar-refractivity contribution >= 4 is 17.8 Å². The number of hydrogen-bond acceptors (Lipinski definition) is 3. The molecule has 0 unspecified atom stereocenters. The van der Waals surface area contributed by atoms with Crippen molar-refractivity contribution in [2.24, 2.45) is 0 Å². The molecule has 3 aromatic rings. The van der Waals surface area contributed by atoms with Gasteiger partial charge in [0.1, 0.15) is 6.04 Å². The van der Waals surface area contributed by atoms with E-state index in [0.29, 0.717) is 12.8 Å². The number of benzene rings is 3. The Balaban J connectivity index is 1.46. The molecular weight excluding hydrogens is 440 g/mol. The van der Waals surface area contributed by atoms with Gasteiger partial charge < -0.3 is 14.9 Å². The highest BCUT2D eigenvalue weighted by Crippen LogP contribution is 2.38. The SMILES string of the molecule is O=C(O)[C@@H]1[C@H]2CC[C@@H](CN1C(=O)C(c1ccccc1)c1ccccc1)N2C(=O)Cc1ccccc1. The molecule has 1 N–H and O–H groups in total. The summed E-state index contributed by atoms with van der Waals surface area (Å²) in [6.45, 7) is 0.225. The van der Waals surface area contributed by atoms with Crippen LogP contribution in [0.2, 0.25) is 0 Å². The molecule has 178 valence electrons. The lowest BCUT2D eigenvalue weighted by molar-refractivity contribution is -0.161. The number of carboxylic acid groups (broad SMARTS) is 1. The molecule has 3 atom stereocenters. The summed E-state index contributed by atoms with van der Waals surface area (Å²) in [6.07, 6.45) is 1.50. The van der Waals surface area contributed by atoms with E-state index in [2.05, 4.69) is 0 Å². The third-order valence-electron chi connectivity index (χ3n) is 7.19. The van der Waals surface area contributed by atoms with E-state index >= 15 is 0 Å². The minimum atomic E-state index is -1.07. The average molecular weight is 469 g/mol. The van der Waals surface area contributed by atoms with Gasteiger partial charge in [0, 0.05) is 12.6 Å². The van der Waals surface area contributed by atoms with E-state index in [9.17, 15) is 19.5 Å². The molecule has 2 bridgehead atoms. The second-order valence-corrected chi connectivity index (χ2v) is 9.29. The Morgan fingerprint density at radius 1 is 0.800 bits per heavy atom. The Kier molecular flexibility index (Phi) is 6.36. The zero-order valence-electron chi connectivity index (χ0n) is 19.4. The fourth-order valence-corrected chi connectivity index (χ4v) is 5.66. The number of carbonyl (C=O) groups excluding carboxylic acids is 2. The van der Waals surface area contributed by atoms with Crippen LogP contribution < -0.4 is 0 Å². The first-order valence-electron chi connectivity index (χ1n) is 12.0. The fourth-order valence-electron chi connectivity index (χ4n) is 5.66. The Morgan fingerprint density at radius 3 is 1.89 bits per heavy atom. The highest BCUT2D eigenvalue weighted by Gasteiger charge is 2.53. The molecule has 5 rings (SSSR count). The summed E-state index contributed by atoms with van der Waals surface area (Å²) in [7, 11) is 0. The zero-order chi connectivity index (χ0) is 24.4. The highest BCUT2D eigenvalue weighted by atomic mass is 16.4. The number of likely N-dealkylation sites (tertiary alicyclic amines) is 1. The average Bonchev–Trinajstić information content (AvgIpc) is 3.18. The standard InChI is InChI=1S/C29H28N2O4/c32-25(18-20-10-4-1-5-11-20)31-23-16-17-24(31)27(29(34)35)30(19-23)28(33)26(21-12-6-2-7-13-21)22-14-8-3-9-15-22/h1-15,23-24,26-27H,16-19H2,(H,34,35)/t23-,24+,27-/m0/s1. The lowest BCUT2D eigenvalue weighted by Crippen LogP contribution is -2.65. The van der Waals surface area contributed by atoms with Crippen LogP contribution in [0.1, 0.15) is 35.4 Å². The van der Waals surface area contributed by atoms with Gasteiger partial charge in [-0.3, -0.25) is 9.59 Å². The van der Waals surface area contributed by atoms with E-state index in [-0.39, 0.29) is 30.8 Å². The summed E-state index contributed by atoms with van der Waals surface area (Å²) < 4.78 is 0. The first-order chi connectivity index (χ1) is 17.0. The van der Waals surface area contributed by atoms with E-state index in [1.165, 1.54) is 4.90 Å². The molecule has 6 nitrogen and oxygen atoms in total. The van der Waals surface area contributed by atoms with Gasteiger partial charge in [-0.2, -0.15) is 0 Å². The number of rotatable bonds is 6. The molecule has 0 spiro atoms. The molecule has 2 amide bonds. The number of hydrogen-bond donors (Lipinski definition) is 1. The third-order valence-corrected chi connectivity index (χ3v) is 7.19. The van der Waals surface area contributed by atoms with Gasteiger partial charge in [0.05, 0.1) is 18.4 Å². The Bertz CT molecular complexity index is 1160. The smallest absolute Gasteiger partial charge is 0.328 e. The van der Waals surface area contributed by atoms with E-state index in [0.717, 1.165) is 16.7 Å². The summed E-state index contributed by atoms with van der Waals surface area (Å²) in [5.74, 6) is -1.99. The summed E-state index contributed by atoms with van der Waals surface area (Å²) in [4.78, 5) is 43.1. The normalized spacial score (nSPS) is 21.2. The van der Waals surface area contributed by atoms with E-state index in [1.807, 2.05) is 91.0 Å². The largest absolute Gasteiger partial charge is 0.480 e. The van der Waals surface area contributed by atoms with Gasteiger partial charge in [-0.25, -0.2) is 4.79 Å². The molecule has 2 fully saturated rings. The van der Waals surface area contributed by atoms with Crippen molar-refractivity contribution in [1.29, 1.82) is 0 Å². The lowest BCUT2D eigenvalue weighted by atomic mass is 9.88. The molecular formula is C29H28N2O4. The molecule has 2 aliphatic heterocycles. The molecule has 0 saturated carbocycles. The zero-order valence-corrected chi connectivity index (χ0v) is 19.4. The van der Waals surface area contributed by atoms with E-state index < -0.39 is 24.0 Å². The maximum Gasteiger partial charge on any atom is 0.328 e. The van der Waals surface area contributed by atoms with Crippen LogP contribution in [0.4, 0.5) is 0 Å². The maximum atomic E-state index is 14.1. The molecule has 2 saturated heterocycles. The number of piperazine rings is 1. The maximum absolute atomic E-state index is 14.1. The van der Waals surface area contributed by atoms with Gasteiger partial charge in [0.25, 0.3) is 0 Å². The Labute approximate surface area is 204 Å². The van der Waals surface area contributed by atoms with Crippen LogP contribution in [0, 0.1) is 0 Å². The van der Waals surface area contributed by atoms with E-state index in [4.69, 9.17) is 0 Å². The van der Waals surface area contributed by atoms with Gasteiger partial charge in [-0.1, -0.05) is 91.0 Å². The topological polar surface area (TPSA) is 77.9 Å². The van der Waals surface area contributed by atoms with Crippen LogP contribution in [0.5, 0.6) is 0 Å². The van der Waals surface area contributed by atoms with Gasteiger partial charge in [0.15, 0.2) is 0 Å². The highest BCUT2D eigenvalue weighted by molar-refractivity contribution is 5.92. The van der Waals surface area contributed by atoms with Crippen molar-refractivity contribution < 1.29 is 19.5 Å². The minimum Gasteiger partial charge on any atom is -0.480 e. The minimum absolute atomic E-state index is 0.0790. The summed E-state index contributed by atoms with van der Waals surface area (Å²) in [5.41, 5.74) is 2.54. The first kappa shape index (κ1) is 22.8.